The maximum Gasteiger partial charge on any atom is 0.305 e. The van der Waals surface area contributed by atoms with E-state index in [4.69, 9.17) is 4.74 Å². The minimum Gasteiger partial charge on any atom is -0.466 e. The number of nitrogens with one attached hydrogen (secondary N) is 1. The minimum atomic E-state index is -0.842. The van der Waals surface area contributed by atoms with Gasteiger partial charge in [-0.05, 0) is 57.8 Å². The van der Waals surface area contributed by atoms with Gasteiger partial charge in [0.1, 0.15) is 0 Å². The molecule has 0 aliphatic heterocycles. The number of ether oxygens (including phenoxy) is 1. The van der Waals surface area contributed by atoms with Crippen LogP contribution in [0.4, 0.5) is 0 Å². The molecule has 1 amide bonds. The van der Waals surface area contributed by atoms with Crippen LogP contribution in [0.15, 0.2) is 24.3 Å². The Kier molecular flexibility index (Phi) is 77.3. The van der Waals surface area contributed by atoms with E-state index in [1.54, 1.807) is 6.08 Å². The Morgan fingerprint density at radius 3 is 0.798 bits per heavy atom. The molecule has 528 valence electrons. The molecule has 0 radical (unpaired) electrons. The first-order chi connectivity index (χ1) is 44.0. The van der Waals surface area contributed by atoms with Gasteiger partial charge in [0.05, 0.1) is 25.4 Å². The van der Waals surface area contributed by atoms with E-state index in [-0.39, 0.29) is 18.5 Å². The lowest BCUT2D eigenvalue weighted by Gasteiger charge is -2.20. The van der Waals surface area contributed by atoms with Gasteiger partial charge in [-0.1, -0.05) is 423 Å². The van der Waals surface area contributed by atoms with Crippen molar-refractivity contribution in [2.75, 3.05) is 13.2 Å². The van der Waals surface area contributed by atoms with Crippen LogP contribution in [0.2, 0.25) is 0 Å². The Hall–Kier alpha value is -1.66. The van der Waals surface area contributed by atoms with Gasteiger partial charge in [-0.15, -0.1) is 0 Å². The molecular weight excluding hydrogens is 1090 g/mol. The Morgan fingerprint density at radius 2 is 0.528 bits per heavy atom. The highest BCUT2D eigenvalue weighted by Gasteiger charge is 2.18. The molecule has 0 bridgehead atoms. The zero-order chi connectivity index (χ0) is 64.2. The van der Waals surface area contributed by atoms with Crippen molar-refractivity contribution in [2.24, 2.45) is 0 Å². The zero-order valence-electron chi connectivity index (χ0n) is 60.7. The molecule has 0 aliphatic carbocycles. The number of esters is 1. The molecule has 89 heavy (non-hydrogen) atoms. The Balaban J connectivity index is 3.33. The molecular formula is C83H161NO5. The maximum absolute atomic E-state index is 12.5. The van der Waals surface area contributed by atoms with Crippen LogP contribution >= 0.6 is 0 Å². The Bertz CT molecular complexity index is 1400. The van der Waals surface area contributed by atoms with Gasteiger partial charge in [0.15, 0.2) is 0 Å². The summed E-state index contributed by atoms with van der Waals surface area (Å²) < 4.78 is 5.52. The molecule has 0 aromatic carbocycles. The van der Waals surface area contributed by atoms with E-state index in [0.717, 1.165) is 38.5 Å². The van der Waals surface area contributed by atoms with E-state index in [0.29, 0.717) is 19.4 Å². The molecule has 0 rings (SSSR count). The van der Waals surface area contributed by atoms with Crippen molar-refractivity contribution >= 4 is 11.9 Å². The quantitative estimate of drug-likeness (QED) is 0.0320. The normalized spacial score (nSPS) is 12.5. The highest BCUT2D eigenvalue weighted by atomic mass is 16.5. The van der Waals surface area contributed by atoms with Gasteiger partial charge in [-0.2, -0.15) is 0 Å². The van der Waals surface area contributed by atoms with E-state index < -0.39 is 12.1 Å². The first kappa shape index (κ1) is 87.3. The standard InChI is InChI=1S/C83H161NO5/c1-3-5-7-9-11-13-15-17-19-21-45-49-53-57-61-65-69-73-77-83(88)89-78-74-70-66-62-58-54-50-46-42-40-38-36-34-32-30-28-26-24-22-23-25-27-29-31-33-35-37-39-41-44-48-52-56-60-64-68-72-76-82(87)84-80(79-85)81(86)75-71-67-63-59-55-51-47-43-20-18-16-14-12-10-8-6-4-2/h22,24,71,75,80-81,85-86H,3-21,23,25-70,72-74,76-79H2,1-2H3,(H,84,87)/b24-22-,75-71+. The van der Waals surface area contributed by atoms with Gasteiger partial charge >= 0.3 is 5.97 Å². The summed E-state index contributed by atoms with van der Waals surface area (Å²) in [4.78, 5) is 24.6. The van der Waals surface area contributed by atoms with Crippen molar-refractivity contribution in [2.45, 2.75) is 482 Å². The van der Waals surface area contributed by atoms with Crippen molar-refractivity contribution in [3.8, 4) is 0 Å². The van der Waals surface area contributed by atoms with Gasteiger partial charge in [-0.25, -0.2) is 0 Å². The fourth-order valence-corrected chi connectivity index (χ4v) is 13.2. The third kappa shape index (κ3) is 75.3. The maximum atomic E-state index is 12.5. The number of aliphatic hydroxyl groups excluding tert-OH is 2. The molecule has 2 atom stereocenters. The third-order valence-electron chi connectivity index (χ3n) is 19.5. The number of hydrogen-bond acceptors (Lipinski definition) is 5. The van der Waals surface area contributed by atoms with Crippen LogP contribution in [0.5, 0.6) is 0 Å². The number of hydrogen-bond donors (Lipinski definition) is 3. The summed E-state index contributed by atoms with van der Waals surface area (Å²) in [5.41, 5.74) is 0. The topological polar surface area (TPSA) is 95.9 Å². The summed E-state index contributed by atoms with van der Waals surface area (Å²) in [6, 6.07) is -0.625. The zero-order valence-corrected chi connectivity index (χ0v) is 60.7. The fourth-order valence-electron chi connectivity index (χ4n) is 13.2. The molecule has 0 aliphatic rings. The number of unbranched alkanes of at least 4 members (excludes halogenated alkanes) is 65. The van der Waals surface area contributed by atoms with Gasteiger partial charge in [0.2, 0.25) is 5.91 Å². The molecule has 0 fully saturated rings. The van der Waals surface area contributed by atoms with E-state index in [9.17, 15) is 19.8 Å². The molecule has 6 nitrogen and oxygen atoms in total. The number of amides is 1. The van der Waals surface area contributed by atoms with E-state index >= 15 is 0 Å². The van der Waals surface area contributed by atoms with Crippen LogP contribution in [-0.2, 0) is 14.3 Å². The van der Waals surface area contributed by atoms with Gasteiger partial charge in [-0.3, -0.25) is 9.59 Å². The van der Waals surface area contributed by atoms with Crippen LogP contribution in [0, 0.1) is 0 Å². The van der Waals surface area contributed by atoms with Crippen LogP contribution in [0.1, 0.15) is 470 Å². The summed E-state index contributed by atoms with van der Waals surface area (Å²) in [7, 11) is 0. The number of aliphatic hydroxyl groups is 2. The smallest absolute Gasteiger partial charge is 0.305 e. The van der Waals surface area contributed by atoms with Crippen molar-refractivity contribution in [1.29, 1.82) is 0 Å². The largest absolute Gasteiger partial charge is 0.466 e. The van der Waals surface area contributed by atoms with Crippen LogP contribution in [0.25, 0.3) is 0 Å². The number of carbonyl (C=O) groups excluding carboxylic acids is 2. The molecule has 3 N–H and O–H groups in total. The summed E-state index contributed by atoms with van der Waals surface area (Å²) in [6.45, 7) is 4.96. The Labute approximate surface area is 558 Å². The van der Waals surface area contributed by atoms with Crippen LogP contribution in [-0.4, -0.2) is 47.4 Å². The van der Waals surface area contributed by atoms with Gasteiger partial charge < -0.3 is 20.3 Å². The second kappa shape index (κ2) is 78.8. The lowest BCUT2D eigenvalue weighted by molar-refractivity contribution is -0.143. The van der Waals surface area contributed by atoms with Crippen LogP contribution in [0.3, 0.4) is 0 Å². The van der Waals surface area contributed by atoms with Crippen molar-refractivity contribution < 1.29 is 24.5 Å². The average molecular weight is 1250 g/mol. The molecule has 0 saturated carbocycles. The van der Waals surface area contributed by atoms with Crippen molar-refractivity contribution in [1.82, 2.24) is 5.32 Å². The average Bonchev–Trinajstić information content (AvgIpc) is 3.57. The first-order valence-electron chi connectivity index (χ1n) is 41.1. The molecule has 0 aromatic heterocycles. The van der Waals surface area contributed by atoms with E-state index in [1.165, 1.54) is 405 Å². The molecule has 6 heteroatoms. The van der Waals surface area contributed by atoms with Crippen LogP contribution < -0.4 is 5.32 Å². The molecule has 0 spiro atoms. The second-order valence-electron chi connectivity index (χ2n) is 28.5. The summed E-state index contributed by atoms with van der Waals surface area (Å²) in [6.07, 6.45) is 102. The highest BCUT2D eigenvalue weighted by molar-refractivity contribution is 5.76. The Morgan fingerprint density at radius 1 is 0.303 bits per heavy atom. The first-order valence-corrected chi connectivity index (χ1v) is 41.1. The fraction of sp³-hybridized carbons (Fsp3) is 0.928. The monoisotopic (exact) mass is 1250 g/mol. The molecule has 0 aromatic rings. The summed E-state index contributed by atoms with van der Waals surface area (Å²) in [5, 5.41) is 23.2. The SMILES string of the molecule is CCCCCCCCCCCCCCCCC/C=C/C(O)C(CO)NC(=O)CCCCCCCCCCCCCCCCCCC/C=C\CCCCCCCCCCCCCCCCCCOC(=O)CCCCCCCCCCCCCCCCCCCC. The van der Waals surface area contributed by atoms with Gasteiger partial charge in [0, 0.05) is 12.8 Å². The lowest BCUT2D eigenvalue weighted by Crippen LogP contribution is -2.45. The molecule has 0 saturated heterocycles. The minimum absolute atomic E-state index is 0.0267. The molecule has 0 heterocycles. The second-order valence-corrected chi connectivity index (χ2v) is 28.5. The summed E-state index contributed by atoms with van der Waals surface area (Å²) >= 11 is 0. The predicted octanol–water partition coefficient (Wildman–Crippen LogP) is 27.2. The van der Waals surface area contributed by atoms with Crippen molar-refractivity contribution in [3.05, 3.63) is 24.3 Å². The molecule has 2 unspecified atom stereocenters. The lowest BCUT2D eigenvalue weighted by atomic mass is 10.0. The van der Waals surface area contributed by atoms with Gasteiger partial charge in [0.25, 0.3) is 0 Å². The van der Waals surface area contributed by atoms with E-state index in [2.05, 4.69) is 31.3 Å². The number of rotatable bonds is 78. The van der Waals surface area contributed by atoms with Crippen molar-refractivity contribution in [3.63, 3.8) is 0 Å². The summed E-state index contributed by atoms with van der Waals surface area (Å²) in [5.74, 6) is -0.0333. The number of allylic oxidation sites excluding steroid dienone is 3. The predicted molar refractivity (Wildman–Crippen MR) is 393 cm³/mol. The third-order valence-corrected chi connectivity index (χ3v) is 19.5. The van der Waals surface area contributed by atoms with E-state index in [1.807, 2.05) is 6.08 Å². The highest BCUT2D eigenvalue weighted by Crippen LogP contribution is 2.20. The number of carbonyl (C=O) groups is 2.